The molecule has 0 saturated carbocycles. The van der Waals surface area contributed by atoms with Crippen molar-refractivity contribution < 1.29 is 24.2 Å². The molecule has 0 fully saturated rings. The minimum absolute atomic E-state index is 0.307. The number of carboxylic acid groups (broad SMARTS) is 1. The Kier molecular flexibility index (Phi) is 7.22. The van der Waals surface area contributed by atoms with Crippen LogP contribution in [0.1, 0.15) is 51.7 Å². The Hall–Kier alpha value is -3.19. The molecule has 1 aliphatic rings. The number of nitrogens with one attached hydrogen (secondary N) is 1. The van der Waals surface area contributed by atoms with Gasteiger partial charge in [0, 0.05) is 0 Å². The summed E-state index contributed by atoms with van der Waals surface area (Å²) in [6, 6.07) is 15.9. The van der Waals surface area contributed by atoms with Crippen molar-refractivity contribution in [1.82, 2.24) is 5.32 Å². The van der Waals surface area contributed by atoms with Gasteiger partial charge in [0.15, 0.2) is 0 Å². The van der Waals surface area contributed by atoms with Crippen molar-refractivity contribution in [2.45, 2.75) is 70.6 Å². The molecule has 3 rings (SSSR count). The van der Waals surface area contributed by atoms with Gasteiger partial charge in [-0.05, 0) is 70.6 Å². The third-order valence-electron chi connectivity index (χ3n) is 5.73. The van der Waals surface area contributed by atoms with Crippen molar-refractivity contribution in [3.63, 3.8) is 0 Å². The number of carbonyl (C=O) groups is 3. The van der Waals surface area contributed by atoms with Crippen LogP contribution < -0.4 is 10.2 Å². The van der Waals surface area contributed by atoms with Crippen molar-refractivity contribution >= 4 is 23.7 Å². The van der Waals surface area contributed by atoms with Gasteiger partial charge in [-0.25, -0.2) is 9.69 Å². The van der Waals surface area contributed by atoms with Crippen LogP contribution in [0.4, 0.5) is 10.5 Å². The van der Waals surface area contributed by atoms with E-state index >= 15 is 0 Å². The van der Waals surface area contributed by atoms with Gasteiger partial charge in [0.05, 0.1) is 11.2 Å². The molecule has 2 aromatic carbocycles. The van der Waals surface area contributed by atoms with Crippen LogP contribution in [0, 0.1) is 0 Å². The van der Waals surface area contributed by atoms with E-state index in [0.29, 0.717) is 31.4 Å². The average molecular weight is 453 g/mol. The number of hydrogen-bond donors (Lipinski definition) is 2. The molecule has 176 valence electrons. The Balaban J connectivity index is 1.89. The molecule has 0 radical (unpaired) electrons. The summed E-state index contributed by atoms with van der Waals surface area (Å²) in [7, 11) is 0. The smallest absolute Gasteiger partial charge is 0.421 e. The van der Waals surface area contributed by atoms with E-state index in [-0.39, 0.29) is 0 Å². The molecule has 1 aliphatic heterocycles. The lowest BCUT2D eigenvalue weighted by atomic mass is 9.91. The van der Waals surface area contributed by atoms with E-state index in [1.165, 1.54) is 0 Å². The van der Waals surface area contributed by atoms with Crippen LogP contribution in [0.5, 0.6) is 0 Å². The van der Waals surface area contributed by atoms with E-state index in [1.54, 1.807) is 39.8 Å². The second-order valence-electron chi connectivity index (χ2n) is 9.64. The molecular weight excluding hydrogens is 420 g/mol. The van der Waals surface area contributed by atoms with Crippen molar-refractivity contribution in [1.29, 1.82) is 0 Å². The maximum atomic E-state index is 13.8. The molecule has 33 heavy (non-hydrogen) atoms. The van der Waals surface area contributed by atoms with Crippen molar-refractivity contribution in [2.75, 3.05) is 4.90 Å². The molecule has 2 N–H and O–H groups in total. The molecule has 0 bridgehead atoms. The largest absolute Gasteiger partial charge is 0.480 e. The van der Waals surface area contributed by atoms with Crippen LogP contribution in [0.2, 0.25) is 0 Å². The Morgan fingerprint density at radius 2 is 1.76 bits per heavy atom. The number of nitrogens with zero attached hydrogens (tertiary/aromatic N) is 1. The van der Waals surface area contributed by atoms with E-state index in [4.69, 9.17) is 4.74 Å². The van der Waals surface area contributed by atoms with Gasteiger partial charge in [-0.2, -0.15) is 0 Å². The van der Waals surface area contributed by atoms with Gasteiger partial charge in [-0.3, -0.25) is 14.9 Å². The van der Waals surface area contributed by atoms with Gasteiger partial charge in [-0.15, -0.1) is 0 Å². The summed E-state index contributed by atoms with van der Waals surface area (Å²) in [5.74, 6) is -1.56. The Bertz CT molecular complexity index is 1010. The lowest BCUT2D eigenvalue weighted by Crippen LogP contribution is -2.61. The fraction of sp³-hybridized carbons (Fsp3) is 0.423. The number of hydrogen-bond acceptors (Lipinski definition) is 5. The summed E-state index contributed by atoms with van der Waals surface area (Å²) < 4.78 is 5.53. The Labute approximate surface area is 194 Å². The first kappa shape index (κ1) is 24.5. The number of rotatable bonds is 6. The highest BCUT2D eigenvalue weighted by Crippen LogP contribution is 2.33. The van der Waals surface area contributed by atoms with Gasteiger partial charge in [0.2, 0.25) is 0 Å². The topological polar surface area (TPSA) is 95.9 Å². The van der Waals surface area contributed by atoms with Crippen molar-refractivity contribution in [2.24, 2.45) is 0 Å². The molecule has 2 unspecified atom stereocenters. The maximum absolute atomic E-state index is 13.8. The van der Waals surface area contributed by atoms with Crippen LogP contribution in [0.3, 0.4) is 0 Å². The normalized spacial score (nSPS) is 19.4. The maximum Gasteiger partial charge on any atom is 0.421 e. The molecule has 2 atom stereocenters. The highest BCUT2D eigenvalue weighted by Gasteiger charge is 2.45. The quantitative estimate of drug-likeness (QED) is 0.677. The number of aryl methyl sites for hydroxylation is 2. The monoisotopic (exact) mass is 452 g/mol. The van der Waals surface area contributed by atoms with Crippen LogP contribution in [0.15, 0.2) is 54.6 Å². The number of para-hydroxylation sites is 1. The third kappa shape index (κ3) is 5.99. The lowest BCUT2D eigenvalue weighted by Gasteiger charge is -2.35. The van der Waals surface area contributed by atoms with Crippen LogP contribution in [0.25, 0.3) is 0 Å². The van der Waals surface area contributed by atoms with Gasteiger partial charge < -0.3 is 9.84 Å². The molecular formula is C26H32N2O5. The summed E-state index contributed by atoms with van der Waals surface area (Å²) in [5, 5.41) is 13.0. The fourth-order valence-electron chi connectivity index (χ4n) is 4.01. The summed E-state index contributed by atoms with van der Waals surface area (Å²) in [6.07, 6.45) is 0.936. The third-order valence-corrected chi connectivity index (χ3v) is 5.73. The zero-order valence-electron chi connectivity index (χ0n) is 19.6. The first-order valence-electron chi connectivity index (χ1n) is 11.2. The molecule has 0 spiro atoms. The minimum Gasteiger partial charge on any atom is -0.480 e. The summed E-state index contributed by atoms with van der Waals surface area (Å²) in [5.41, 5.74) is 0.264. The van der Waals surface area contributed by atoms with Crippen LogP contribution >= 0.6 is 0 Å². The Morgan fingerprint density at radius 3 is 2.39 bits per heavy atom. The summed E-state index contributed by atoms with van der Waals surface area (Å²) in [4.78, 5) is 40.0. The average Bonchev–Trinajstić information content (AvgIpc) is 2.85. The van der Waals surface area contributed by atoms with Crippen molar-refractivity contribution in [3.8, 4) is 0 Å². The fourth-order valence-corrected chi connectivity index (χ4v) is 4.01. The number of aliphatic carboxylic acids is 1. The molecule has 2 aromatic rings. The first-order chi connectivity index (χ1) is 15.5. The zero-order valence-corrected chi connectivity index (χ0v) is 19.6. The summed E-state index contributed by atoms with van der Waals surface area (Å²) >= 11 is 0. The van der Waals surface area contributed by atoms with Crippen LogP contribution in [-0.2, 0) is 27.2 Å². The molecule has 0 saturated heterocycles. The highest BCUT2D eigenvalue weighted by molar-refractivity contribution is 6.16. The number of amides is 2. The molecule has 1 heterocycles. The van der Waals surface area contributed by atoms with Gasteiger partial charge in [0.25, 0.3) is 5.91 Å². The second kappa shape index (κ2) is 9.75. The molecule has 0 aromatic heterocycles. The van der Waals surface area contributed by atoms with E-state index in [9.17, 15) is 19.5 Å². The summed E-state index contributed by atoms with van der Waals surface area (Å²) in [6.45, 7) is 6.87. The van der Waals surface area contributed by atoms with Gasteiger partial charge in [0.1, 0.15) is 11.6 Å². The lowest BCUT2D eigenvalue weighted by molar-refractivity contribution is -0.140. The van der Waals surface area contributed by atoms with Crippen LogP contribution in [-0.4, -0.2) is 40.3 Å². The van der Waals surface area contributed by atoms with Gasteiger partial charge >= 0.3 is 12.1 Å². The SMILES string of the molecule is CC(C)(C)OC(=O)N1C(=O)C(C)(NC(CCc2ccccc2)C(=O)O)CCc2ccccc21. The number of imide groups is 1. The highest BCUT2D eigenvalue weighted by atomic mass is 16.6. The number of anilines is 1. The number of fused-ring (bicyclic) bond motifs is 1. The number of ether oxygens (including phenoxy) is 1. The van der Waals surface area contributed by atoms with Crippen molar-refractivity contribution in [3.05, 3.63) is 65.7 Å². The van der Waals surface area contributed by atoms with E-state index in [2.05, 4.69) is 5.32 Å². The zero-order chi connectivity index (χ0) is 24.2. The first-order valence-corrected chi connectivity index (χ1v) is 11.2. The van der Waals surface area contributed by atoms with E-state index in [1.807, 2.05) is 42.5 Å². The minimum atomic E-state index is -1.27. The predicted molar refractivity (Wildman–Crippen MR) is 126 cm³/mol. The van der Waals surface area contributed by atoms with E-state index in [0.717, 1.165) is 16.0 Å². The number of carbonyl (C=O) groups excluding carboxylic acids is 2. The molecule has 7 heteroatoms. The molecule has 7 nitrogen and oxygen atoms in total. The molecule has 0 aliphatic carbocycles. The molecule has 2 amide bonds. The number of benzene rings is 2. The predicted octanol–water partition coefficient (Wildman–Crippen LogP) is 4.34. The standard InChI is InChI=1S/C26H32N2O5/c1-25(2,3)33-24(32)28-21-13-9-8-12-19(21)16-17-26(4,23(28)31)27-20(22(29)30)15-14-18-10-6-5-7-11-18/h5-13,20,27H,14-17H2,1-4H3,(H,29,30). The van der Waals surface area contributed by atoms with E-state index < -0.39 is 35.2 Å². The second-order valence-corrected chi connectivity index (χ2v) is 9.64. The Morgan fingerprint density at radius 1 is 1.12 bits per heavy atom. The van der Waals surface area contributed by atoms with Gasteiger partial charge in [-0.1, -0.05) is 48.5 Å². The number of carboxylic acids is 1.